The summed E-state index contributed by atoms with van der Waals surface area (Å²) in [5.41, 5.74) is 0.201. The zero-order valence-electron chi connectivity index (χ0n) is 13.9. The minimum absolute atomic E-state index is 0.0536. The van der Waals surface area contributed by atoms with Gasteiger partial charge >= 0.3 is 0 Å². The predicted molar refractivity (Wildman–Crippen MR) is 94.8 cm³/mol. The molecule has 0 aliphatic heterocycles. The molecule has 22 heavy (non-hydrogen) atoms. The molecule has 6 nitrogen and oxygen atoms in total. The number of aromatic nitrogens is 2. The Balaban J connectivity index is 3.30. The minimum atomic E-state index is -3.68. The molecule has 0 saturated carbocycles. The molecule has 0 amide bonds. The third-order valence-electron chi connectivity index (χ3n) is 2.62. The molecule has 126 valence electrons. The standard InChI is InChI=1S/C13H25N3O3P2S/c1-9(2)15-8-12(14-7-13(15)17)22(18,19)16(20-10(3)4)21-11(5)6/h7-11,20-21H,1-6H3. The maximum absolute atomic E-state index is 12.9. The molecule has 1 aromatic heterocycles. The van der Waals surface area contributed by atoms with Crippen molar-refractivity contribution < 1.29 is 8.42 Å². The molecule has 1 aromatic rings. The van der Waals surface area contributed by atoms with Crippen LogP contribution >= 0.6 is 17.5 Å². The van der Waals surface area contributed by atoms with E-state index in [0.29, 0.717) is 0 Å². The lowest BCUT2D eigenvalue weighted by atomic mass is 10.4. The van der Waals surface area contributed by atoms with E-state index in [-0.39, 0.29) is 45.4 Å². The van der Waals surface area contributed by atoms with Crippen LogP contribution in [0.3, 0.4) is 0 Å². The van der Waals surface area contributed by atoms with Gasteiger partial charge in [-0.25, -0.2) is 13.4 Å². The molecule has 0 aromatic carbocycles. The van der Waals surface area contributed by atoms with Crippen molar-refractivity contribution in [3.05, 3.63) is 22.7 Å². The predicted octanol–water partition coefficient (Wildman–Crippen LogP) is 2.82. The fourth-order valence-corrected chi connectivity index (χ4v) is 8.02. The molecular formula is C13H25N3O3P2S. The van der Waals surface area contributed by atoms with Crippen LogP contribution in [0.1, 0.15) is 47.6 Å². The average Bonchev–Trinajstić information content (AvgIpc) is 2.36. The van der Waals surface area contributed by atoms with Gasteiger partial charge in [0.25, 0.3) is 15.6 Å². The quantitative estimate of drug-likeness (QED) is 0.697. The van der Waals surface area contributed by atoms with Crippen LogP contribution in [0.4, 0.5) is 0 Å². The first-order valence-corrected chi connectivity index (χ1v) is 10.7. The second kappa shape index (κ2) is 7.96. The van der Waals surface area contributed by atoms with Gasteiger partial charge in [0.1, 0.15) is 0 Å². The Morgan fingerprint density at radius 2 is 1.59 bits per heavy atom. The average molecular weight is 365 g/mol. The van der Waals surface area contributed by atoms with Crippen LogP contribution in [-0.4, -0.2) is 33.1 Å². The van der Waals surface area contributed by atoms with Crippen LogP contribution in [0.5, 0.6) is 0 Å². The van der Waals surface area contributed by atoms with Gasteiger partial charge in [0.05, 0.1) is 6.20 Å². The van der Waals surface area contributed by atoms with E-state index < -0.39 is 10.0 Å². The third-order valence-corrected chi connectivity index (χ3v) is 8.19. The van der Waals surface area contributed by atoms with Gasteiger partial charge in [-0.3, -0.25) is 4.79 Å². The smallest absolute Gasteiger partial charge is 0.269 e. The summed E-state index contributed by atoms with van der Waals surface area (Å²) in [7, 11) is -3.34. The van der Waals surface area contributed by atoms with Crippen molar-refractivity contribution in [1.29, 1.82) is 0 Å². The SMILES string of the molecule is CC(C)PN(PC(C)C)S(=O)(=O)c1cn(C(C)C)c(=O)cn1. The Bertz CT molecular complexity index is 647. The maximum atomic E-state index is 12.9. The van der Waals surface area contributed by atoms with E-state index in [4.69, 9.17) is 0 Å². The number of nitrogens with zero attached hydrogens (tertiary/aromatic N) is 3. The summed E-state index contributed by atoms with van der Waals surface area (Å²) in [6.07, 6.45) is 2.44. The molecule has 0 aliphatic rings. The summed E-state index contributed by atoms with van der Waals surface area (Å²) in [6.45, 7) is 11.6. The zero-order valence-corrected chi connectivity index (χ0v) is 16.7. The number of sulfonamides is 1. The molecule has 0 fully saturated rings. The molecule has 1 rings (SSSR count). The van der Waals surface area contributed by atoms with E-state index in [0.717, 1.165) is 6.20 Å². The molecule has 9 heteroatoms. The summed E-state index contributed by atoms with van der Waals surface area (Å²) in [5, 5.41) is -0.0536. The summed E-state index contributed by atoms with van der Waals surface area (Å²) in [4.78, 5) is 15.6. The van der Waals surface area contributed by atoms with Crippen molar-refractivity contribution in [3.63, 3.8) is 0 Å². The van der Waals surface area contributed by atoms with Crippen molar-refractivity contribution in [2.45, 2.75) is 63.9 Å². The fraction of sp³-hybridized carbons (Fsp3) is 0.692. The van der Waals surface area contributed by atoms with Gasteiger partial charge in [-0.05, 0) is 42.6 Å². The summed E-state index contributed by atoms with van der Waals surface area (Å²) in [6, 6.07) is -0.113. The molecule has 0 N–H and O–H groups in total. The van der Waals surface area contributed by atoms with E-state index in [9.17, 15) is 13.2 Å². The minimum Gasteiger partial charge on any atom is -0.309 e. The summed E-state index contributed by atoms with van der Waals surface area (Å²) >= 11 is 0. The highest BCUT2D eigenvalue weighted by molar-refractivity contribution is 7.97. The van der Waals surface area contributed by atoms with E-state index in [2.05, 4.69) is 4.98 Å². The Hall–Kier alpha value is -0.350. The second-order valence-electron chi connectivity index (χ2n) is 5.90. The lowest BCUT2D eigenvalue weighted by Gasteiger charge is -2.25. The van der Waals surface area contributed by atoms with Crippen LogP contribution in [-0.2, 0) is 10.0 Å². The van der Waals surface area contributed by atoms with Gasteiger partial charge in [0, 0.05) is 12.2 Å². The van der Waals surface area contributed by atoms with Gasteiger partial charge in [0.2, 0.25) is 0 Å². The van der Waals surface area contributed by atoms with Crippen LogP contribution in [0.2, 0.25) is 0 Å². The normalized spacial score (nSPS) is 13.9. The molecule has 0 spiro atoms. The monoisotopic (exact) mass is 365 g/mol. The molecule has 2 atom stereocenters. The number of hydrogen-bond donors (Lipinski definition) is 0. The maximum Gasteiger partial charge on any atom is 0.269 e. The number of rotatable bonds is 7. The van der Waals surface area contributed by atoms with Crippen LogP contribution in [0, 0.1) is 0 Å². The van der Waals surface area contributed by atoms with Crippen LogP contribution < -0.4 is 5.56 Å². The van der Waals surface area contributed by atoms with Crippen LogP contribution in [0.15, 0.2) is 22.2 Å². The number of hydrogen-bond acceptors (Lipinski definition) is 4. The lowest BCUT2D eigenvalue weighted by Crippen LogP contribution is -2.26. The molecule has 1 heterocycles. The van der Waals surface area contributed by atoms with Gasteiger partial charge in [-0.1, -0.05) is 27.7 Å². The Morgan fingerprint density at radius 1 is 1.09 bits per heavy atom. The first kappa shape index (κ1) is 19.7. The Morgan fingerprint density at radius 3 is 2.00 bits per heavy atom. The molecule has 0 bridgehead atoms. The molecule has 0 saturated heterocycles. The largest absolute Gasteiger partial charge is 0.309 e. The van der Waals surface area contributed by atoms with Crippen molar-refractivity contribution >= 4 is 27.5 Å². The van der Waals surface area contributed by atoms with Crippen molar-refractivity contribution in [2.24, 2.45) is 0 Å². The van der Waals surface area contributed by atoms with Gasteiger partial charge in [0.15, 0.2) is 5.03 Å². The molecule has 0 radical (unpaired) electrons. The van der Waals surface area contributed by atoms with Gasteiger partial charge in [-0.15, -0.1) is 0 Å². The summed E-state index contributed by atoms with van der Waals surface area (Å²) in [5.74, 6) is 0. The highest BCUT2D eigenvalue weighted by atomic mass is 32.2. The van der Waals surface area contributed by atoms with E-state index in [1.807, 2.05) is 41.5 Å². The van der Waals surface area contributed by atoms with Crippen molar-refractivity contribution in [1.82, 2.24) is 13.4 Å². The third kappa shape index (κ3) is 5.09. The van der Waals surface area contributed by atoms with Gasteiger partial charge in [-0.2, -0.15) is 3.85 Å². The topological polar surface area (TPSA) is 72.3 Å². The Kier molecular flexibility index (Phi) is 7.13. The molecule has 2 unspecified atom stereocenters. The Labute approximate surface area is 136 Å². The fourth-order valence-electron chi connectivity index (χ4n) is 1.68. The van der Waals surface area contributed by atoms with E-state index >= 15 is 0 Å². The highest BCUT2D eigenvalue weighted by Crippen LogP contribution is 2.43. The van der Waals surface area contributed by atoms with Gasteiger partial charge < -0.3 is 4.57 Å². The summed E-state index contributed by atoms with van der Waals surface area (Å²) < 4.78 is 28.6. The lowest BCUT2D eigenvalue weighted by molar-refractivity contribution is 0.547. The van der Waals surface area contributed by atoms with E-state index in [1.54, 1.807) is 0 Å². The zero-order chi connectivity index (χ0) is 17.1. The molecule has 0 aliphatic carbocycles. The highest BCUT2D eigenvalue weighted by Gasteiger charge is 2.28. The van der Waals surface area contributed by atoms with Crippen molar-refractivity contribution in [2.75, 3.05) is 0 Å². The second-order valence-corrected chi connectivity index (χ2v) is 12.5. The van der Waals surface area contributed by atoms with Crippen molar-refractivity contribution in [3.8, 4) is 0 Å². The van der Waals surface area contributed by atoms with Crippen LogP contribution in [0.25, 0.3) is 0 Å². The molecular weight excluding hydrogens is 340 g/mol. The first-order valence-electron chi connectivity index (χ1n) is 7.21. The van der Waals surface area contributed by atoms with E-state index in [1.165, 1.54) is 14.6 Å². The first-order chi connectivity index (χ1) is 10.1.